The number of ether oxygens (including phenoxy) is 1. The summed E-state index contributed by atoms with van der Waals surface area (Å²) in [7, 11) is 1.70. The van der Waals surface area contributed by atoms with Gasteiger partial charge in [0.05, 0.1) is 13.4 Å². The second-order valence-electron chi connectivity index (χ2n) is 6.85. The lowest BCUT2D eigenvalue weighted by molar-refractivity contribution is 0.415. The highest BCUT2D eigenvalue weighted by Crippen LogP contribution is 2.28. The van der Waals surface area contributed by atoms with Gasteiger partial charge >= 0.3 is 0 Å². The van der Waals surface area contributed by atoms with Crippen molar-refractivity contribution in [3.05, 3.63) is 47.8 Å². The standard InChI is InChI=1S/C22H35N5O/c1-4-27(19-8-7-9-20(16-19)28-3)15-14-24-12-13-25-18(2)21-10-5-6-11-22(21)26-17-23/h7-9,16-17,24-25H,2,4-6,10-15H2,1,3H3,(H2,23,26). The highest BCUT2D eigenvalue weighted by Gasteiger charge is 2.14. The number of nitrogens with zero attached hydrogens (tertiary/aromatic N) is 2. The fourth-order valence-electron chi connectivity index (χ4n) is 3.47. The van der Waals surface area contributed by atoms with Gasteiger partial charge in [-0.05, 0) is 50.3 Å². The Kier molecular flexibility index (Phi) is 9.42. The summed E-state index contributed by atoms with van der Waals surface area (Å²) >= 11 is 0. The van der Waals surface area contributed by atoms with Gasteiger partial charge < -0.3 is 26.0 Å². The Morgan fingerprint density at radius 1 is 1.29 bits per heavy atom. The smallest absolute Gasteiger partial charge is 0.120 e. The first-order chi connectivity index (χ1) is 13.7. The molecule has 4 N–H and O–H groups in total. The topological polar surface area (TPSA) is 74.9 Å². The Morgan fingerprint density at radius 2 is 2.11 bits per heavy atom. The largest absolute Gasteiger partial charge is 0.497 e. The zero-order chi connectivity index (χ0) is 20.2. The number of methoxy groups -OCH3 is 1. The second kappa shape index (κ2) is 12.1. The predicted molar refractivity (Wildman–Crippen MR) is 119 cm³/mol. The first-order valence-electron chi connectivity index (χ1n) is 10.2. The third-order valence-corrected chi connectivity index (χ3v) is 5.03. The van der Waals surface area contributed by atoms with Crippen LogP contribution in [0.25, 0.3) is 0 Å². The molecule has 154 valence electrons. The molecule has 0 radical (unpaired) electrons. The van der Waals surface area contributed by atoms with E-state index >= 15 is 0 Å². The lowest BCUT2D eigenvalue weighted by Gasteiger charge is -2.24. The summed E-state index contributed by atoms with van der Waals surface area (Å²) in [6, 6.07) is 8.20. The van der Waals surface area contributed by atoms with Gasteiger partial charge in [-0.3, -0.25) is 0 Å². The Hall–Kier alpha value is -2.47. The number of nitrogens with one attached hydrogen (secondary N) is 2. The van der Waals surface area contributed by atoms with Gasteiger partial charge in [-0.1, -0.05) is 12.6 Å². The molecular weight excluding hydrogens is 350 g/mol. The highest BCUT2D eigenvalue weighted by molar-refractivity contribution is 5.54. The quantitative estimate of drug-likeness (QED) is 0.293. The van der Waals surface area contributed by atoms with Crippen molar-refractivity contribution in [1.29, 1.82) is 0 Å². The van der Waals surface area contributed by atoms with Gasteiger partial charge in [0.15, 0.2) is 0 Å². The first kappa shape index (κ1) is 21.8. The number of likely N-dealkylation sites (N-methyl/N-ethyl adjacent to an activating group) is 1. The van der Waals surface area contributed by atoms with E-state index in [0.29, 0.717) is 0 Å². The molecule has 1 aromatic carbocycles. The van der Waals surface area contributed by atoms with Crippen molar-refractivity contribution in [2.24, 2.45) is 10.7 Å². The number of aliphatic imine (C=N–C) groups is 1. The SMILES string of the molecule is C=C(NCCNCCN(CC)c1cccc(OC)c1)C1=C(N=CN)CCCC1. The molecule has 0 heterocycles. The molecule has 28 heavy (non-hydrogen) atoms. The van der Waals surface area contributed by atoms with Crippen molar-refractivity contribution in [3.63, 3.8) is 0 Å². The molecular formula is C22H35N5O. The summed E-state index contributed by atoms with van der Waals surface area (Å²) in [5, 5.41) is 6.93. The maximum Gasteiger partial charge on any atom is 0.120 e. The maximum atomic E-state index is 5.47. The molecule has 2 rings (SSSR count). The van der Waals surface area contributed by atoms with Crippen LogP contribution in [0.3, 0.4) is 0 Å². The average molecular weight is 386 g/mol. The van der Waals surface area contributed by atoms with Crippen molar-refractivity contribution < 1.29 is 4.74 Å². The van der Waals surface area contributed by atoms with E-state index < -0.39 is 0 Å². The van der Waals surface area contributed by atoms with Crippen LogP contribution < -0.4 is 26.0 Å². The Bertz CT molecular complexity index is 683. The summed E-state index contributed by atoms with van der Waals surface area (Å²) in [4.78, 5) is 6.65. The number of hydrogen-bond donors (Lipinski definition) is 3. The molecule has 0 atom stereocenters. The van der Waals surface area contributed by atoms with Crippen molar-refractivity contribution in [2.75, 3.05) is 44.7 Å². The van der Waals surface area contributed by atoms with E-state index in [1.165, 1.54) is 30.4 Å². The van der Waals surface area contributed by atoms with E-state index in [0.717, 1.165) is 62.7 Å². The molecule has 0 spiro atoms. The fraction of sp³-hybridized carbons (Fsp3) is 0.500. The van der Waals surface area contributed by atoms with Crippen LogP contribution in [0.4, 0.5) is 5.69 Å². The Balaban J connectivity index is 1.71. The van der Waals surface area contributed by atoms with E-state index in [9.17, 15) is 0 Å². The molecule has 0 aromatic heterocycles. The molecule has 0 fully saturated rings. The summed E-state index contributed by atoms with van der Waals surface area (Å²) in [5.74, 6) is 0.891. The molecule has 6 nitrogen and oxygen atoms in total. The van der Waals surface area contributed by atoms with Crippen molar-refractivity contribution in [3.8, 4) is 5.75 Å². The molecule has 1 aromatic rings. The van der Waals surface area contributed by atoms with Gasteiger partial charge in [-0.2, -0.15) is 0 Å². The van der Waals surface area contributed by atoms with Crippen molar-refractivity contribution in [1.82, 2.24) is 10.6 Å². The van der Waals surface area contributed by atoms with Crippen LogP contribution in [-0.2, 0) is 0 Å². The van der Waals surface area contributed by atoms with E-state index in [2.05, 4.69) is 46.2 Å². The second-order valence-corrected chi connectivity index (χ2v) is 6.85. The van der Waals surface area contributed by atoms with Crippen LogP contribution in [0.2, 0.25) is 0 Å². The lowest BCUT2D eigenvalue weighted by Crippen LogP contribution is -2.35. The van der Waals surface area contributed by atoms with Crippen LogP contribution in [0, 0.1) is 0 Å². The fourth-order valence-corrected chi connectivity index (χ4v) is 3.47. The summed E-state index contributed by atoms with van der Waals surface area (Å²) in [5.41, 5.74) is 9.95. The van der Waals surface area contributed by atoms with Gasteiger partial charge in [0.2, 0.25) is 0 Å². The van der Waals surface area contributed by atoms with E-state index in [1.807, 2.05) is 12.1 Å². The van der Waals surface area contributed by atoms with E-state index in [4.69, 9.17) is 10.5 Å². The zero-order valence-corrected chi connectivity index (χ0v) is 17.3. The van der Waals surface area contributed by atoms with Gasteiger partial charge in [-0.15, -0.1) is 0 Å². The molecule has 0 amide bonds. The Labute approximate surface area is 169 Å². The Morgan fingerprint density at radius 3 is 2.86 bits per heavy atom. The first-order valence-corrected chi connectivity index (χ1v) is 10.2. The van der Waals surface area contributed by atoms with Gasteiger partial charge in [0, 0.05) is 55.9 Å². The maximum absolute atomic E-state index is 5.47. The van der Waals surface area contributed by atoms with Gasteiger partial charge in [-0.25, -0.2) is 4.99 Å². The molecule has 1 aliphatic rings. The number of hydrogen-bond acceptors (Lipinski definition) is 5. The highest BCUT2D eigenvalue weighted by atomic mass is 16.5. The van der Waals surface area contributed by atoms with Crippen LogP contribution in [0.5, 0.6) is 5.75 Å². The van der Waals surface area contributed by atoms with Crippen molar-refractivity contribution in [2.45, 2.75) is 32.6 Å². The summed E-state index contributed by atoms with van der Waals surface area (Å²) in [6.07, 6.45) is 5.76. The molecule has 0 unspecified atom stereocenters. The molecule has 0 bridgehead atoms. The minimum absolute atomic E-state index is 0.841. The summed E-state index contributed by atoms with van der Waals surface area (Å²) in [6.45, 7) is 10.9. The third-order valence-electron chi connectivity index (χ3n) is 5.03. The van der Waals surface area contributed by atoms with E-state index in [-0.39, 0.29) is 0 Å². The molecule has 0 saturated heterocycles. The van der Waals surface area contributed by atoms with Crippen LogP contribution >= 0.6 is 0 Å². The van der Waals surface area contributed by atoms with Crippen LogP contribution in [-0.4, -0.2) is 46.2 Å². The van der Waals surface area contributed by atoms with Crippen molar-refractivity contribution >= 4 is 12.0 Å². The summed E-state index contributed by atoms with van der Waals surface area (Å²) < 4.78 is 5.32. The number of benzene rings is 1. The normalized spacial score (nSPS) is 14.4. The van der Waals surface area contributed by atoms with Crippen LogP contribution in [0.1, 0.15) is 32.6 Å². The molecule has 6 heteroatoms. The number of nitrogens with two attached hydrogens (primary N) is 1. The van der Waals surface area contributed by atoms with Gasteiger partial charge in [0.1, 0.15) is 5.75 Å². The predicted octanol–water partition coefficient (Wildman–Crippen LogP) is 3.03. The van der Waals surface area contributed by atoms with Gasteiger partial charge in [0.25, 0.3) is 0 Å². The number of anilines is 1. The lowest BCUT2D eigenvalue weighted by atomic mass is 9.94. The third kappa shape index (κ3) is 6.60. The minimum atomic E-state index is 0.841. The molecule has 0 saturated carbocycles. The molecule has 0 aliphatic heterocycles. The average Bonchev–Trinajstić information content (AvgIpc) is 2.73. The van der Waals surface area contributed by atoms with E-state index in [1.54, 1.807) is 7.11 Å². The number of allylic oxidation sites excluding steroid dienone is 2. The monoisotopic (exact) mass is 385 g/mol. The number of rotatable bonds is 12. The molecule has 1 aliphatic carbocycles. The van der Waals surface area contributed by atoms with Crippen LogP contribution in [0.15, 0.2) is 52.8 Å². The minimum Gasteiger partial charge on any atom is -0.497 e. The zero-order valence-electron chi connectivity index (χ0n) is 17.3.